The molecule has 9 heteroatoms. The fourth-order valence-corrected chi connectivity index (χ4v) is 5.47. The van der Waals surface area contributed by atoms with Crippen molar-refractivity contribution in [3.63, 3.8) is 0 Å². The largest absolute Gasteiger partial charge is 0.446 e. The van der Waals surface area contributed by atoms with Crippen LogP contribution in [0, 0.1) is 17.2 Å². The Labute approximate surface area is 237 Å². The van der Waals surface area contributed by atoms with Gasteiger partial charge in [0.15, 0.2) is 0 Å². The van der Waals surface area contributed by atoms with Crippen LogP contribution in [0.1, 0.15) is 63.1 Å². The third kappa shape index (κ3) is 5.09. The molecule has 0 saturated heterocycles. The van der Waals surface area contributed by atoms with Crippen LogP contribution in [-0.2, 0) is 11.2 Å². The molecule has 2 aliphatic carbocycles. The van der Waals surface area contributed by atoms with Gasteiger partial charge in [0, 0.05) is 41.1 Å². The zero-order chi connectivity index (χ0) is 27.8. The van der Waals surface area contributed by atoms with Gasteiger partial charge in [0.25, 0.3) is 0 Å². The second-order valence-corrected chi connectivity index (χ2v) is 11.0. The van der Waals surface area contributed by atoms with E-state index in [1.54, 1.807) is 24.5 Å². The van der Waals surface area contributed by atoms with E-state index in [0.29, 0.717) is 27.9 Å². The van der Waals surface area contributed by atoms with Crippen LogP contribution < -0.4 is 10.1 Å². The molecule has 0 bridgehead atoms. The molecule has 0 radical (unpaired) electrons. The number of rotatable bonds is 8. The predicted octanol–water partition coefficient (Wildman–Crippen LogP) is 8.05. The van der Waals surface area contributed by atoms with Crippen molar-refractivity contribution in [2.75, 3.05) is 5.32 Å². The van der Waals surface area contributed by atoms with Crippen molar-refractivity contribution in [1.29, 1.82) is 5.26 Å². The normalized spacial score (nSPS) is 15.8. The number of nitriles is 1. The van der Waals surface area contributed by atoms with Crippen LogP contribution >= 0.6 is 11.6 Å². The molecule has 1 atom stereocenters. The van der Waals surface area contributed by atoms with Gasteiger partial charge in [-0.05, 0) is 87.3 Å². The number of nitrogens with one attached hydrogen (secondary N) is 1. The molecule has 2 heterocycles. The molecule has 204 valence electrons. The number of fused-ring (bicyclic) bond motifs is 1. The molecule has 2 aromatic carbocycles. The summed E-state index contributed by atoms with van der Waals surface area (Å²) < 4.78 is 13.7. The minimum Gasteiger partial charge on any atom is -0.446 e. The molecule has 2 aromatic heterocycles. The number of hydrogen-bond acceptors (Lipinski definition) is 6. The molecule has 0 aliphatic heterocycles. The second-order valence-electron chi connectivity index (χ2n) is 10.6. The van der Waals surface area contributed by atoms with E-state index in [2.05, 4.69) is 25.9 Å². The van der Waals surface area contributed by atoms with Gasteiger partial charge in [0.1, 0.15) is 17.9 Å². The van der Waals surface area contributed by atoms with Crippen molar-refractivity contribution >= 4 is 34.3 Å². The fraction of sp³-hybridized carbons (Fsp3) is 0.355. The number of aromatic nitrogens is 3. The summed E-state index contributed by atoms with van der Waals surface area (Å²) in [6.07, 6.45) is 9.11. The van der Waals surface area contributed by atoms with Gasteiger partial charge in [-0.25, -0.2) is 14.8 Å². The van der Waals surface area contributed by atoms with E-state index in [0.717, 1.165) is 66.2 Å². The Kier molecular flexibility index (Phi) is 7.07. The molecular formula is C31H30ClN5O3. The van der Waals surface area contributed by atoms with Gasteiger partial charge in [-0.3, -0.25) is 5.32 Å². The van der Waals surface area contributed by atoms with E-state index in [1.807, 2.05) is 38.1 Å². The number of ether oxygens (including phenoxy) is 2. The van der Waals surface area contributed by atoms with Crippen LogP contribution in [0.15, 0.2) is 48.8 Å². The van der Waals surface area contributed by atoms with Crippen molar-refractivity contribution in [2.45, 2.75) is 64.5 Å². The lowest BCUT2D eigenvalue weighted by atomic mass is 9.92. The third-order valence-electron chi connectivity index (χ3n) is 7.88. The zero-order valence-electron chi connectivity index (χ0n) is 22.5. The molecule has 8 nitrogen and oxygen atoms in total. The number of carbonyl (C=O) groups excluding carboxylic acids is 1. The lowest BCUT2D eigenvalue weighted by Gasteiger charge is -2.30. The van der Waals surface area contributed by atoms with E-state index >= 15 is 0 Å². The van der Waals surface area contributed by atoms with E-state index in [9.17, 15) is 10.1 Å². The number of benzene rings is 2. The Morgan fingerprint density at radius 1 is 1.18 bits per heavy atom. The van der Waals surface area contributed by atoms with E-state index in [1.165, 1.54) is 0 Å². The third-order valence-corrected chi connectivity index (χ3v) is 8.19. The first-order valence-corrected chi connectivity index (χ1v) is 14.2. The van der Waals surface area contributed by atoms with Crippen LogP contribution in [0.4, 0.5) is 10.5 Å². The van der Waals surface area contributed by atoms with Gasteiger partial charge in [0.05, 0.1) is 21.8 Å². The maximum absolute atomic E-state index is 12.4. The van der Waals surface area contributed by atoms with Crippen LogP contribution in [0.3, 0.4) is 0 Å². The summed E-state index contributed by atoms with van der Waals surface area (Å²) in [6, 6.07) is 14.0. The van der Waals surface area contributed by atoms with Crippen LogP contribution in [0.25, 0.3) is 22.2 Å². The summed E-state index contributed by atoms with van der Waals surface area (Å²) >= 11 is 6.82. The molecule has 4 aromatic rings. The topological polar surface area (TPSA) is 102 Å². The lowest BCUT2D eigenvalue weighted by Crippen LogP contribution is -2.21. The minimum absolute atomic E-state index is 0.109. The van der Waals surface area contributed by atoms with Crippen molar-refractivity contribution < 1.29 is 14.3 Å². The summed E-state index contributed by atoms with van der Waals surface area (Å²) in [7, 11) is 0. The van der Waals surface area contributed by atoms with Crippen molar-refractivity contribution in [3.05, 3.63) is 64.9 Å². The van der Waals surface area contributed by atoms with Crippen molar-refractivity contribution in [1.82, 2.24) is 14.5 Å². The van der Waals surface area contributed by atoms with Gasteiger partial charge in [-0.15, -0.1) is 0 Å². The molecule has 40 heavy (non-hydrogen) atoms. The highest BCUT2D eigenvalue weighted by Gasteiger charge is 2.31. The molecule has 1 N–H and O–H groups in total. The Morgan fingerprint density at radius 2 is 1.95 bits per heavy atom. The SMILES string of the molecule is CCc1cnc(Oc2ccc3c(C#N)c(-c4ccc(NC(=O)O[C@H](C)C5CC5)cc4Cl)n(C4CCC4)c3c2)nc1. The molecule has 2 fully saturated rings. The fourth-order valence-electron chi connectivity index (χ4n) is 5.20. The maximum Gasteiger partial charge on any atom is 0.411 e. The van der Waals surface area contributed by atoms with Gasteiger partial charge in [-0.1, -0.05) is 18.5 Å². The highest BCUT2D eigenvalue weighted by Crippen LogP contribution is 2.45. The maximum atomic E-state index is 12.4. The molecule has 1 amide bonds. The lowest BCUT2D eigenvalue weighted by molar-refractivity contribution is 0.108. The number of aryl methyl sites for hydroxylation is 1. The number of anilines is 1. The Hall–Kier alpha value is -4.09. The van der Waals surface area contributed by atoms with Gasteiger partial charge in [0.2, 0.25) is 0 Å². The molecule has 6 rings (SSSR count). The van der Waals surface area contributed by atoms with Crippen molar-refractivity contribution in [3.8, 4) is 29.1 Å². The molecule has 2 saturated carbocycles. The standard InChI is InChI=1S/C31H30ClN5O3/c1-3-19-16-34-30(35-17-19)40-23-10-12-24-26(15-33)29(37(28(24)14-23)22-5-4-6-22)25-11-9-21(13-27(25)32)36-31(38)39-18(2)20-7-8-20/h9-14,16-18,20,22H,3-8H2,1-2H3,(H,36,38)/t18-/m1/s1. The first kappa shape index (κ1) is 26.1. The van der Waals surface area contributed by atoms with Crippen molar-refractivity contribution in [2.24, 2.45) is 5.92 Å². The monoisotopic (exact) mass is 555 g/mol. The van der Waals surface area contributed by atoms with Crippen LogP contribution in [-0.4, -0.2) is 26.7 Å². The first-order valence-electron chi connectivity index (χ1n) is 13.8. The summed E-state index contributed by atoms with van der Waals surface area (Å²) in [4.78, 5) is 21.0. The summed E-state index contributed by atoms with van der Waals surface area (Å²) in [5.41, 5.74) is 4.52. The quantitative estimate of drug-likeness (QED) is 0.236. The van der Waals surface area contributed by atoms with Gasteiger partial charge in [-0.2, -0.15) is 5.26 Å². The number of hydrogen-bond donors (Lipinski definition) is 1. The number of nitrogens with zero attached hydrogens (tertiary/aromatic N) is 4. The smallest absolute Gasteiger partial charge is 0.411 e. The Morgan fingerprint density at radius 3 is 2.58 bits per heavy atom. The summed E-state index contributed by atoms with van der Waals surface area (Å²) in [6.45, 7) is 3.97. The zero-order valence-corrected chi connectivity index (χ0v) is 23.2. The summed E-state index contributed by atoms with van der Waals surface area (Å²) in [5, 5.41) is 14.3. The second kappa shape index (κ2) is 10.8. The number of carbonyl (C=O) groups is 1. The Bertz CT molecular complexity index is 1620. The molecular weight excluding hydrogens is 526 g/mol. The predicted molar refractivity (Wildman–Crippen MR) is 154 cm³/mol. The minimum atomic E-state index is -0.495. The molecule has 0 spiro atoms. The molecule has 2 aliphatic rings. The van der Waals surface area contributed by atoms with Gasteiger partial charge < -0.3 is 14.0 Å². The number of halogens is 1. The number of amides is 1. The van der Waals surface area contributed by atoms with E-state index in [4.69, 9.17) is 21.1 Å². The average molecular weight is 556 g/mol. The summed E-state index contributed by atoms with van der Waals surface area (Å²) in [5.74, 6) is 1.05. The van der Waals surface area contributed by atoms with E-state index < -0.39 is 6.09 Å². The Balaban J connectivity index is 1.35. The van der Waals surface area contributed by atoms with Crippen LogP contribution in [0.5, 0.6) is 11.8 Å². The first-order chi connectivity index (χ1) is 19.4. The van der Waals surface area contributed by atoms with Gasteiger partial charge >= 0.3 is 12.1 Å². The highest BCUT2D eigenvalue weighted by molar-refractivity contribution is 6.33. The van der Waals surface area contributed by atoms with Crippen LogP contribution in [0.2, 0.25) is 5.02 Å². The molecule has 0 unspecified atom stereocenters. The highest BCUT2D eigenvalue weighted by atomic mass is 35.5. The average Bonchev–Trinajstić information content (AvgIpc) is 3.72. The van der Waals surface area contributed by atoms with E-state index in [-0.39, 0.29) is 18.2 Å².